The van der Waals surface area contributed by atoms with Crippen molar-refractivity contribution in [3.63, 3.8) is 0 Å². The highest BCUT2D eigenvalue weighted by Gasteiger charge is 2.05. The fraction of sp³-hybridized carbons (Fsp3) is 0.286. The Morgan fingerprint density at radius 1 is 0.903 bits per heavy atom. The molecule has 2 aromatic carbocycles. The molecule has 0 saturated carbocycles. The normalized spacial score (nSPS) is 13.1. The topological polar surface area (TPSA) is 113 Å². The molecule has 168 valence electrons. The molecule has 7 nitrogen and oxygen atoms in total. The van der Waals surface area contributed by atoms with E-state index < -0.39 is 12.5 Å². The summed E-state index contributed by atoms with van der Waals surface area (Å²) in [6.07, 6.45) is 1.79. The number of aliphatic imine (C=N–C) groups is 2. The van der Waals surface area contributed by atoms with Crippen molar-refractivity contribution in [2.75, 3.05) is 23.7 Å². The third-order valence-corrected chi connectivity index (χ3v) is 4.25. The van der Waals surface area contributed by atoms with Crippen LogP contribution in [-0.4, -0.2) is 53.9 Å². The SMILES string of the molecule is CC(O)Nc1cc(Cl)ccc1C=NCC(=N)CN=Cc1ccc(Cl)cc1NC(C)O.Cl. The van der Waals surface area contributed by atoms with E-state index >= 15 is 0 Å². The van der Waals surface area contributed by atoms with Crippen LogP contribution in [0.15, 0.2) is 46.4 Å². The van der Waals surface area contributed by atoms with E-state index in [1.54, 1.807) is 62.7 Å². The summed E-state index contributed by atoms with van der Waals surface area (Å²) in [4.78, 5) is 8.56. The quantitative estimate of drug-likeness (QED) is 0.252. The Kier molecular flexibility index (Phi) is 11.5. The second kappa shape index (κ2) is 13.3. The van der Waals surface area contributed by atoms with Gasteiger partial charge in [-0.05, 0) is 50.2 Å². The molecule has 2 unspecified atom stereocenters. The first-order valence-electron chi connectivity index (χ1n) is 9.29. The number of nitrogens with zero attached hydrogens (tertiary/aromatic N) is 2. The molecule has 0 aliphatic heterocycles. The molecule has 2 atom stereocenters. The van der Waals surface area contributed by atoms with E-state index in [4.69, 9.17) is 28.6 Å². The van der Waals surface area contributed by atoms with Crippen LogP contribution in [0.1, 0.15) is 25.0 Å². The van der Waals surface area contributed by atoms with E-state index in [9.17, 15) is 10.2 Å². The van der Waals surface area contributed by atoms with E-state index in [1.165, 1.54) is 0 Å². The monoisotopic (exact) mass is 485 g/mol. The lowest BCUT2D eigenvalue weighted by Gasteiger charge is -2.12. The third-order valence-electron chi connectivity index (χ3n) is 3.78. The Morgan fingerprint density at radius 2 is 1.29 bits per heavy atom. The van der Waals surface area contributed by atoms with Crippen molar-refractivity contribution in [2.45, 2.75) is 26.3 Å². The van der Waals surface area contributed by atoms with Crippen molar-refractivity contribution in [1.29, 1.82) is 5.41 Å². The van der Waals surface area contributed by atoms with E-state index in [1.807, 2.05) is 0 Å². The molecule has 10 heteroatoms. The van der Waals surface area contributed by atoms with Gasteiger partial charge >= 0.3 is 0 Å². The number of aliphatic hydroxyl groups is 2. The summed E-state index contributed by atoms with van der Waals surface area (Å²) in [7, 11) is 0. The highest BCUT2D eigenvalue weighted by atomic mass is 35.5. The van der Waals surface area contributed by atoms with Crippen LogP contribution in [0.2, 0.25) is 10.0 Å². The van der Waals surface area contributed by atoms with E-state index in [0.717, 1.165) is 11.1 Å². The van der Waals surface area contributed by atoms with Gasteiger partial charge < -0.3 is 26.3 Å². The van der Waals surface area contributed by atoms with Crippen LogP contribution in [-0.2, 0) is 0 Å². The van der Waals surface area contributed by atoms with Gasteiger partial charge in [0.05, 0.1) is 18.8 Å². The minimum atomic E-state index is -0.732. The van der Waals surface area contributed by atoms with Crippen molar-refractivity contribution in [1.82, 2.24) is 0 Å². The van der Waals surface area contributed by atoms with Crippen LogP contribution in [0.4, 0.5) is 11.4 Å². The van der Waals surface area contributed by atoms with Crippen molar-refractivity contribution in [3.8, 4) is 0 Å². The van der Waals surface area contributed by atoms with Gasteiger partial charge in [-0.1, -0.05) is 23.2 Å². The zero-order valence-corrected chi connectivity index (χ0v) is 19.5. The molecule has 0 spiro atoms. The van der Waals surface area contributed by atoms with Crippen LogP contribution in [0.25, 0.3) is 0 Å². The summed E-state index contributed by atoms with van der Waals surface area (Å²) in [5.74, 6) is 0. The lowest BCUT2D eigenvalue weighted by atomic mass is 10.2. The van der Waals surface area contributed by atoms with Crippen LogP contribution in [0.5, 0.6) is 0 Å². The minimum absolute atomic E-state index is 0. The molecule has 0 aliphatic rings. The van der Waals surface area contributed by atoms with Crippen LogP contribution in [0.3, 0.4) is 0 Å². The first kappa shape index (κ1) is 26.9. The van der Waals surface area contributed by atoms with Crippen LogP contribution >= 0.6 is 35.6 Å². The highest BCUT2D eigenvalue weighted by Crippen LogP contribution is 2.21. The zero-order chi connectivity index (χ0) is 22.1. The molecule has 2 aromatic rings. The minimum Gasteiger partial charge on any atom is -0.374 e. The lowest BCUT2D eigenvalue weighted by molar-refractivity contribution is 0.224. The molecule has 0 bridgehead atoms. The first-order chi connectivity index (χ1) is 14.2. The number of anilines is 2. The fourth-order valence-electron chi connectivity index (χ4n) is 2.54. The fourth-order valence-corrected chi connectivity index (χ4v) is 2.88. The van der Waals surface area contributed by atoms with Gasteiger partial charge in [0.25, 0.3) is 0 Å². The molecule has 0 amide bonds. The summed E-state index contributed by atoms with van der Waals surface area (Å²) in [5.41, 5.74) is 3.16. The van der Waals surface area contributed by atoms with Crippen molar-refractivity contribution >= 4 is 65.1 Å². The average molecular weight is 487 g/mol. The third kappa shape index (κ3) is 9.67. The predicted molar refractivity (Wildman–Crippen MR) is 133 cm³/mol. The smallest absolute Gasteiger partial charge is 0.121 e. The molecule has 0 aliphatic carbocycles. The number of benzene rings is 2. The zero-order valence-electron chi connectivity index (χ0n) is 17.1. The Bertz CT molecular complexity index is 860. The van der Waals surface area contributed by atoms with Crippen LogP contribution in [0, 0.1) is 5.41 Å². The van der Waals surface area contributed by atoms with Gasteiger partial charge in [-0.2, -0.15) is 0 Å². The van der Waals surface area contributed by atoms with Gasteiger partial charge in [0, 0.05) is 45.0 Å². The summed E-state index contributed by atoms with van der Waals surface area (Å²) < 4.78 is 0. The van der Waals surface area contributed by atoms with Gasteiger partial charge in [0.15, 0.2) is 0 Å². The molecular formula is C21H26Cl3N5O2. The standard InChI is InChI=1S/C21H25Cl2N5O2.ClH/c1-13(29)27-20-7-17(22)5-3-15(20)9-25-11-19(24)12-26-10-16-4-6-18(23)8-21(16)28-14(2)30;/h3-10,13-14,24,27-30H,11-12H2,1-2H3;1H. The van der Waals surface area contributed by atoms with E-state index in [0.29, 0.717) is 27.1 Å². The molecule has 0 aromatic heterocycles. The number of nitrogens with one attached hydrogen (secondary N) is 3. The van der Waals surface area contributed by atoms with E-state index in [2.05, 4.69) is 20.6 Å². The van der Waals surface area contributed by atoms with E-state index in [-0.39, 0.29) is 25.5 Å². The maximum Gasteiger partial charge on any atom is 0.121 e. The number of halogens is 3. The maximum absolute atomic E-state index is 9.53. The highest BCUT2D eigenvalue weighted by molar-refractivity contribution is 6.31. The lowest BCUT2D eigenvalue weighted by Crippen LogP contribution is -2.15. The van der Waals surface area contributed by atoms with Gasteiger partial charge in [0.2, 0.25) is 0 Å². The maximum atomic E-state index is 9.53. The second-order valence-electron chi connectivity index (χ2n) is 6.65. The summed E-state index contributed by atoms with van der Waals surface area (Å²) in [5, 5.41) is 34.0. The predicted octanol–water partition coefficient (Wildman–Crippen LogP) is 4.47. The molecular weight excluding hydrogens is 461 g/mol. The van der Waals surface area contributed by atoms with Crippen LogP contribution < -0.4 is 10.6 Å². The van der Waals surface area contributed by atoms with Gasteiger partial charge in [0.1, 0.15) is 12.5 Å². The van der Waals surface area contributed by atoms with Crippen molar-refractivity contribution in [3.05, 3.63) is 57.6 Å². The second-order valence-corrected chi connectivity index (χ2v) is 7.52. The largest absolute Gasteiger partial charge is 0.374 e. The molecule has 31 heavy (non-hydrogen) atoms. The first-order valence-corrected chi connectivity index (χ1v) is 10.0. The number of hydrogen-bond acceptors (Lipinski definition) is 7. The number of hydrogen-bond donors (Lipinski definition) is 5. The Morgan fingerprint density at radius 3 is 1.65 bits per heavy atom. The molecule has 0 radical (unpaired) electrons. The van der Waals surface area contributed by atoms with Gasteiger partial charge in [-0.25, -0.2) is 0 Å². The summed E-state index contributed by atoms with van der Waals surface area (Å²) in [6, 6.07) is 10.4. The molecule has 2 rings (SSSR count). The molecule has 5 N–H and O–H groups in total. The Balaban J connectivity index is 0.00000480. The van der Waals surface area contributed by atoms with Crippen molar-refractivity contribution in [2.24, 2.45) is 9.98 Å². The Hall–Kier alpha value is -2.16. The summed E-state index contributed by atoms with van der Waals surface area (Å²) in [6.45, 7) is 3.59. The average Bonchev–Trinajstić information content (AvgIpc) is 2.64. The van der Waals surface area contributed by atoms with Gasteiger partial charge in [-0.15, -0.1) is 12.4 Å². The number of aliphatic hydroxyl groups excluding tert-OH is 2. The van der Waals surface area contributed by atoms with Crippen molar-refractivity contribution < 1.29 is 10.2 Å². The Labute approximate surface area is 198 Å². The van der Waals surface area contributed by atoms with Gasteiger partial charge in [-0.3, -0.25) is 9.98 Å². The summed E-state index contributed by atoms with van der Waals surface area (Å²) >= 11 is 12.0. The molecule has 0 fully saturated rings. The molecule has 0 heterocycles. The molecule has 0 saturated heterocycles. The number of rotatable bonds is 10.